The molecule has 1 saturated heterocycles. The van der Waals surface area contributed by atoms with Gasteiger partial charge in [0.2, 0.25) is 0 Å². The van der Waals surface area contributed by atoms with Gasteiger partial charge in [-0.1, -0.05) is 39.3 Å². The molecule has 0 spiro atoms. The van der Waals surface area contributed by atoms with Crippen LogP contribution >= 0.6 is 0 Å². The summed E-state index contributed by atoms with van der Waals surface area (Å²) in [6, 6.07) is 7.10. The van der Waals surface area contributed by atoms with Crippen LogP contribution in [0.4, 0.5) is 5.69 Å². The molecule has 0 saturated carbocycles. The van der Waals surface area contributed by atoms with Gasteiger partial charge >= 0.3 is 5.97 Å². The molecular formula is C30H45N3O5. The van der Waals surface area contributed by atoms with Gasteiger partial charge in [-0.25, -0.2) is 0 Å². The standard InChI is InChI=1S/C23H31N3O4.C7H14O/c1-14(2)21(18-10-16(4)22(27)25-13-18)26-20-11-17(7-6-15(20)3)12-24-19(23(28)29)8-9-30-5;1-2-7-3-5-8-6-4-7/h6-7,10-11,13-14,19,24H,8-9,12H2,1-5H3,(H,25,27)(H,28,29);7H,2-6H2,1H3. The molecular weight excluding hydrogens is 482 g/mol. The molecule has 1 fully saturated rings. The zero-order valence-corrected chi connectivity index (χ0v) is 23.8. The zero-order chi connectivity index (χ0) is 28.1. The summed E-state index contributed by atoms with van der Waals surface area (Å²) in [4.78, 5) is 30.8. The van der Waals surface area contributed by atoms with Crippen LogP contribution in [0.15, 0.2) is 40.2 Å². The maximum absolute atomic E-state index is 11.7. The van der Waals surface area contributed by atoms with Gasteiger partial charge in [-0.15, -0.1) is 0 Å². The molecule has 1 aromatic heterocycles. The maximum Gasteiger partial charge on any atom is 0.320 e. The molecule has 1 unspecified atom stereocenters. The molecule has 38 heavy (non-hydrogen) atoms. The Hall–Kier alpha value is -2.81. The molecule has 0 bridgehead atoms. The summed E-state index contributed by atoms with van der Waals surface area (Å²) in [7, 11) is 1.55. The van der Waals surface area contributed by atoms with E-state index in [2.05, 4.69) is 31.1 Å². The van der Waals surface area contributed by atoms with Crippen molar-refractivity contribution in [2.24, 2.45) is 16.8 Å². The van der Waals surface area contributed by atoms with Crippen LogP contribution in [-0.2, 0) is 20.8 Å². The number of nitrogens with zero attached hydrogens (tertiary/aromatic N) is 1. The van der Waals surface area contributed by atoms with Gasteiger partial charge < -0.3 is 24.9 Å². The molecule has 1 aliphatic heterocycles. The highest BCUT2D eigenvalue weighted by Crippen LogP contribution is 2.24. The molecule has 2 heterocycles. The summed E-state index contributed by atoms with van der Waals surface area (Å²) in [6.45, 7) is 12.9. The van der Waals surface area contributed by atoms with E-state index in [1.54, 1.807) is 20.2 Å². The fraction of sp³-hybridized carbons (Fsp3) is 0.567. The number of rotatable bonds is 11. The number of carbonyl (C=O) groups is 1. The number of hydrogen-bond donors (Lipinski definition) is 3. The third-order valence-electron chi connectivity index (χ3n) is 6.83. The molecule has 8 nitrogen and oxygen atoms in total. The van der Waals surface area contributed by atoms with Gasteiger partial charge in [0.15, 0.2) is 0 Å². The van der Waals surface area contributed by atoms with Crippen LogP contribution < -0.4 is 10.9 Å². The number of benzene rings is 1. The predicted octanol–water partition coefficient (Wildman–Crippen LogP) is 5.17. The number of aliphatic carboxylic acids is 1. The minimum absolute atomic E-state index is 0.104. The number of aromatic nitrogens is 1. The van der Waals surface area contributed by atoms with Gasteiger partial charge in [0.1, 0.15) is 6.04 Å². The molecule has 0 radical (unpaired) electrons. The summed E-state index contributed by atoms with van der Waals surface area (Å²) in [6.07, 6.45) is 6.00. The number of aryl methyl sites for hydroxylation is 2. The Kier molecular flexibility index (Phi) is 13.4. The van der Waals surface area contributed by atoms with Crippen molar-refractivity contribution in [2.75, 3.05) is 26.9 Å². The van der Waals surface area contributed by atoms with Crippen molar-refractivity contribution < 1.29 is 19.4 Å². The van der Waals surface area contributed by atoms with Crippen LogP contribution in [0.2, 0.25) is 0 Å². The van der Waals surface area contributed by atoms with E-state index in [0.29, 0.717) is 25.1 Å². The number of methoxy groups -OCH3 is 1. The van der Waals surface area contributed by atoms with Crippen molar-refractivity contribution in [3.8, 4) is 0 Å². The highest BCUT2D eigenvalue weighted by Gasteiger charge is 2.17. The summed E-state index contributed by atoms with van der Waals surface area (Å²) in [5.41, 5.74) is 5.10. The Morgan fingerprint density at radius 2 is 1.92 bits per heavy atom. The predicted molar refractivity (Wildman–Crippen MR) is 153 cm³/mol. The Bertz CT molecular complexity index is 1100. The van der Waals surface area contributed by atoms with Crippen LogP contribution in [0.25, 0.3) is 0 Å². The first-order valence-corrected chi connectivity index (χ1v) is 13.6. The third kappa shape index (κ3) is 10.2. The average molecular weight is 528 g/mol. The fourth-order valence-corrected chi connectivity index (χ4v) is 4.23. The van der Waals surface area contributed by atoms with Crippen molar-refractivity contribution in [3.63, 3.8) is 0 Å². The fourth-order valence-electron chi connectivity index (χ4n) is 4.23. The molecule has 210 valence electrons. The van der Waals surface area contributed by atoms with E-state index in [-0.39, 0.29) is 11.5 Å². The van der Waals surface area contributed by atoms with Crippen molar-refractivity contribution in [1.29, 1.82) is 0 Å². The summed E-state index contributed by atoms with van der Waals surface area (Å²) in [5, 5.41) is 12.4. The van der Waals surface area contributed by atoms with Crippen molar-refractivity contribution >= 4 is 17.4 Å². The number of nitrogens with one attached hydrogen (secondary N) is 2. The van der Waals surface area contributed by atoms with E-state index in [1.807, 2.05) is 31.2 Å². The molecule has 1 aliphatic rings. The summed E-state index contributed by atoms with van der Waals surface area (Å²) in [5.74, 6) is 0.221. The molecule has 0 amide bonds. The Balaban J connectivity index is 0.000000538. The van der Waals surface area contributed by atoms with Crippen LogP contribution in [0.5, 0.6) is 0 Å². The van der Waals surface area contributed by atoms with E-state index in [4.69, 9.17) is 14.5 Å². The number of ether oxygens (including phenoxy) is 2. The van der Waals surface area contributed by atoms with Crippen LogP contribution in [0, 0.1) is 25.7 Å². The highest BCUT2D eigenvalue weighted by molar-refractivity contribution is 6.03. The number of hydrogen-bond acceptors (Lipinski definition) is 6. The molecule has 0 aliphatic carbocycles. The minimum atomic E-state index is -0.895. The van der Waals surface area contributed by atoms with Gasteiger partial charge in [-0.05, 0) is 68.2 Å². The van der Waals surface area contributed by atoms with Crippen LogP contribution in [0.1, 0.15) is 68.7 Å². The first-order chi connectivity index (χ1) is 18.2. The first-order valence-electron chi connectivity index (χ1n) is 13.6. The molecule has 8 heteroatoms. The number of pyridine rings is 1. The van der Waals surface area contributed by atoms with Crippen molar-refractivity contribution in [2.45, 2.75) is 72.9 Å². The van der Waals surface area contributed by atoms with E-state index >= 15 is 0 Å². The molecule has 3 N–H and O–H groups in total. The number of aromatic amines is 1. The number of aliphatic imine (C=N–C) groups is 1. The number of carboxylic acids is 1. The lowest BCUT2D eigenvalue weighted by molar-refractivity contribution is -0.140. The number of H-pyrrole nitrogens is 1. The van der Waals surface area contributed by atoms with Crippen molar-refractivity contribution in [1.82, 2.24) is 10.3 Å². The van der Waals surface area contributed by atoms with Crippen LogP contribution in [0.3, 0.4) is 0 Å². The lowest BCUT2D eigenvalue weighted by atomic mass is 9.98. The van der Waals surface area contributed by atoms with Gasteiger partial charge in [-0.2, -0.15) is 0 Å². The maximum atomic E-state index is 11.7. The average Bonchev–Trinajstić information content (AvgIpc) is 2.90. The molecule has 1 aromatic carbocycles. The second-order valence-electron chi connectivity index (χ2n) is 10.2. The van der Waals surface area contributed by atoms with E-state index in [1.165, 1.54) is 19.3 Å². The topological polar surface area (TPSA) is 113 Å². The van der Waals surface area contributed by atoms with E-state index < -0.39 is 12.0 Å². The zero-order valence-electron chi connectivity index (χ0n) is 23.8. The molecule has 3 rings (SSSR count). The summed E-state index contributed by atoms with van der Waals surface area (Å²) < 4.78 is 10.2. The van der Waals surface area contributed by atoms with Gasteiger partial charge in [0.05, 0.1) is 11.4 Å². The normalized spacial score (nSPS) is 15.2. The van der Waals surface area contributed by atoms with E-state index in [9.17, 15) is 14.7 Å². The quantitative estimate of drug-likeness (QED) is 0.348. The Morgan fingerprint density at radius 3 is 2.47 bits per heavy atom. The Morgan fingerprint density at radius 1 is 1.21 bits per heavy atom. The van der Waals surface area contributed by atoms with E-state index in [0.717, 1.165) is 47.2 Å². The van der Waals surface area contributed by atoms with Crippen LogP contribution in [-0.4, -0.2) is 54.7 Å². The minimum Gasteiger partial charge on any atom is -0.480 e. The van der Waals surface area contributed by atoms with Gasteiger partial charge in [-0.3, -0.25) is 14.6 Å². The molecule has 1 atom stereocenters. The largest absolute Gasteiger partial charge is 0.480 e. The Labute approximate surface area is 226 Å². The van der Waals surface area contributed by atoms with Gasteiger partial charge in [0, 0.05) is 50.8 Å². The lowest BCUT2D eigenvalue weighted by Crippen LogP contribution is -2.37. The van der Waals surface area contributed by atoms with Crippen molar-refractivity contribution in [3.05, 3.63) is 63.1 Å². The smallest absolute Gasteiger partial charge is 0.320 e. The molecule has 2 aromatic rings. The monoisotopic (exact) mass is 527 g/mol. The highest BCUT2D eigenvalue weighted by atomic mass is 16.5. The lowest BCUT2D eigenvalue weighted by Gasteiger charge is -2.19. The number of carboxylic acid groups (broad SMARTS) is 1. The second-order valence-corrected chi connectivity index (χ2v) is 10.2. The third-order valence-corrected chi connectivity index (χ3v) is 6.83. The SMILES string of the molecule is CCC1CCOCC1.COCCC(NCc1ccc(C)c(N=C(c2c[nH]c(=O)c(C)c2)C(C)C)c1)C(=O)O. The van der Waals surface area contributed by atoms with Gasteiger partial charge in [0.25, 0.3) is 5.56 Å². The second kappa shape index (κ2) is 16.2. The first kappa shape index (κ1) is 31.4. The summed E-state index contributed by atoms with van der Waals surface area (Å²) >= 11 is 0.